The van der Waals surface area contributed by atoms with Crippen molar-refractivity contribution < 1.29 is 9.53 Å². The highest BCUT2D eigenvalue weighted by atomic mass is 16.5. The zero-order chi connectivity index (χ0) is 12.5. The van der Waals surface area contributed by atoms with Crippen LogP contribution in [-0.4, -0.2) is 66.8 Å². The van der Waals surface area contributed by atoms with Gasteiger partial charge in [0.05, 0.1) is 18.2 Å². The number of amides is 2. The normalized spacial score (nSPS) is 25.4. The van der Waals surface area contributed by atoms with E-state index >= 15 is 0 Å². The average molecular weight is 241 g/mol. The number of carbonyl (C=O) groups excluding carboxylic acids is 1. The molecule has 0 bridgehead atoms. The Kier molecular flexibility index (Phi) is 3.58. The highest BCUT2D eigenvalue weighted by Gasteiger charge is 2.37. The molecule has 0 saturated carbocycles. The van der Waals surface area contributed by atoms with Gasteiger partial charge in [-0.15, -0.1) is 0 Å². The zero-order valence-corrected chi connectivity index (χ0v) is 11.0. The summed E-state index contributed by atoms with van der Waals surface area (Å²) in [4.78, 5) is 15.9. The predicted molar refractivity (Wildman–Crippen MR) is 66.0 cm³/mol. The lowest BCUT2D eigenvalue weighted by atomic mass is 10.2. The van der Waals surface area contributed by atoms with E-state index in [2.05, 4.69) is 5.32 Å². The van der Waals surface area contributed by atoms with Crippen LogP contribution in [0.4, 0.5) is 4.79 Å². The van der Waals surface area contributed by atoms with Gasteiger partial charge in [-0.3, -0.25) is 0 Å². The monoisotopic (exact) mass is 241 g/mol. The van der Waals surface area contributed by atoms with Crippen molar-refractivity contribution in [3.8, 4) is 0 Å². The van der Waals surface area contributed by atoms with E-state index in [4.69, 9.17) is 4.74 Å². The van der Waals surface area contributed by atoms with Gasteiger partial charge < -0.3 is 19.9 Å². The second-order valence-electron chi connectivity index (χ2n) is 5.74. The van der Waals surface area contributed by atoms with Crippen LogP contribution in [-0.2, 0) is 4.74 Å². The van der Waals surface area contributed by atoms with Crippen LogP contribution in [0.15, 0.2) is 0 Å². The molecule has 0 aromatic carbocycles. The predicted octanol–water partition coefficient (Wildman–Crippen LogP) is 0.511. The van der Waals surface area contributed by atoms with E-state index in [-0.39, 0.29) is 11.6 Å². The third-order valence-electron chi connectivity index (χ3n) is 3.19. The van der Waals surface area contributed by atoms with Crippen LogP contribution >= 0.6 is 0 Å². The van der Waals surface area contributed by atoms with Gasteiger partial charge in [-0.2, -0.15) is 0 Å². The summed E-state index contributed by atoms with van der Waals surface area (Å²) in [5.41, 5.74) is -0.128. The summed E-state index contributed by atoms with van der Waals surface area (Å²) >= 11 is 0. The smallest absolute Gasteiger partial charge is 0.320 e. The van der Waals surface area contributed by atoms with Gasteiger partial charge >= 0.3 is 6.03 Å². The summed E-state index contributed by atoms with van der Waals surface area (Å²) < 4.78 is 5.66. The Bertz CT molecular complexity index is 288. The number of nitrogens with one attached hydrogen (secondary N) is 1. The van der Waals surface area contributed by atoms with Crippen LogP contribution in [0.1, 0.15) is 20.8 Å². The molecular weight excluding hydrogens is 218 g/mol. The van der Waals surface area contributed by atoms with Crippen molar-refractivity contribution in [3.63, 3.8) is 0 Å². The number of rotatable bonds is 3. The summed E-state index contributed by atoms with van der Waals surface area (Å²) in [6.07, 6.45) is 0. The lowest BCUT2D eigenvalue weighted by Gasteiger charge is -2.28. The zero-order valence-electron chi connectivity index (χ0n) is 11.0. The van der Waals surface area contributed by atoms with E-state index in [1.807, 2.05) is 30.6 Å². The maximum atomic E-state index is 12.1. The Labute approximate surface area is 103 Å². The fourth-order valence-electron chi connectivity index (χ4n) is 2.34. The molecule has 1 atom stereocenters. The topological polar surface area (TPSA) is 44.8 Å². The third kappa shape index (κ3) is 3.10. The molecule has 1 N–H and O–H groups in total. The van der Waals surface area contributed by atoms with E-state index in [1.54, 1.807) is 0 Å². The Morgan fingerprint density at radius 2 is 2.24 bits per heavy atom. The van der Waals surface area contributed by atoms with Crippen molar-refractivity contribution in [1.29, 1.82) is 0 Å². The number of ether oxygens (including phenoxy) is 1. The van der Waals surface area contributed by atoms with E-state index in [9.17, 15) is 4.79 Å². The molecule has 17 heavy (non-hydrogen) atoms. The van der Waals surface area contributed by atoms with Crippen LogP contribution in [0, 0.1) is 0 Å². The molecule has 5 nitrogen and oxygen atoms in total. The van der Waals surface area contributed by atoms with Gasteiger partial charge in [-0.05, 0) is 20.8 Å². The molecule has 2 aliphatic heterocycles. The number of nitrogens with zero attached hydrogens (tertiary/aromatic N) is 2. The van der Waals surface area contributed by atoms with Crippen LogP contribution in [0.3, 0.4) is 0 Å². The molecule has 98 valence electrons. The van der Waals surface area contributed by atoms with Gasteiger partial charge in [0.15, 0.2) is 0 Å². The van der Waals surface area contributed by atoms with Crippen molar-refractivity contribution >= 4 is 6.03 Å². The minimum absolute atomic E-state index is 0.128. The lowest BCUT2D eigenvalue weighted by molar-refractivity contribution is -0.00838. The molecule has 0 aromatic rings. The summed E-state index contributed by atoms with van der Waals surface area (Å²) in [6.45, 7) is 10.9. The molecule has 0 aromatic heterocycles. The van der Waals surface area contributed by atoms with Gasteiger partial charge in [0, 0.05) is 32.7 Å². The average Bonchev–Trinajstić information content (AvgIpc) is 2.55. The van der Waals surface area contributed by atoms with Crippen LogP contribution < -0.4 is 5.32 Å². The maximum Gasteiger partial charge on any atom is 0.320 e. The minimum Gasteiger partial charge on any atom is -0.374 e. The van der Waals surface area contributed by atoms with Gasteiger partial charge in [-0.1, -0.05) is 0 Å². The number of fused-ring (bicyclic) bond motifs is 1. The number of hydrogen-bond acceptors (Lipinski definition) is 3. The van der Waals surface area contributed by atoms with Crippen LogP contribution in [0.2, 0.25) is 0 Å². The van der Waals surface area contributed by atoms with Gasteiger partial charge in [0.1, 0.15) is 0 Å². The van der Waals surface area contributed by atoms with Crippen molar-refractivity contribution in [2.24, 2.45) is 0 Å². The van der Waals surface area contributed by atoms with E-state index in [0.29, 0.717) is 19.2 Å². The number of hydrogen-bond donors (Lipinski definition) is 1. The summed E-state index contributed by atoms with van der Waals surface area (Å²) in [7, 11) is 0. The van der Waals surface area contributed by atoms with E-state index in [0.717, 1.165) is 26.2 Å². The Morgan fingerprint density at radius 1 is 1.47 bits per heavy atom. The Morgan fingerprint density at radius 3 is 2.88 bits per heavy atom. The SMILES string of the molecule is CC(C)(C)OCCN1CC2CNCCN2C1=O. The summed E-state index contributed by atoms with van der Waals surface area (Å²) in [5.74, 6) is 0. The first-order chi connectivity index (χ1) is 7.97. The Hall–Kier alpha value is -0.810. The standard InChI is InChI=1S/C12H23N3O2/c1-12(2,3)17-7-6-14-9-10-8-13-4-5-15(10)11(14)16/h10,13H,4-9H2,1-3H3. The highest BCUT2D eigenvalue weighted by molar-refractivity contribution is 5.77. The quantitative estimate of drug-likeness (QED) is 0.783. The van der Waals surface area contributed by atoms with Crippen molar-refractivity contribution in [2.45, 2.75) is 32.4 Å². The van der Waals surface area contributed by atoms with Gasteiger partial charge in [-0.25, -0.2) is 4.79 Å². The highest BCUT2D eigenvalue weighted by Crippen LogP contribution is 2.17. The molecule has 0 spiro atoms. The molecule has 5 heteroatoms. The van der Waals surface area contributed by atoms with Gasteiger partial charge in [0.25, 0.3) is 0 Å². The molecule has 2 aliphatic rings. The molecule has 1 unspecified atom stereocenters. The Balaban J connectivity index is 1.80. The summed E-state index contributed by atoms with van der Waals surface area (Å²) in [5, 5.41) is 3.33. The van der Waals surface area contributed by atoms with Gasteiger partial charge in [0.2, 0.25) is 0 Å². The summed E-state index contributed by atoms with van der Waals surface area (Å²) in [6, 6.07) is 0.528. The van der Waals surface area contributed by atoms with Crippen molar-refractivity contribution in [2.75, 3.05) is 39.3 Å². The van der Waals surface area contributed by atoms with Crippen LogP contribution in [0.5, 0.6) is 0 Å². The fraction of sp³-hybridized carbons (Fsp3) is 0.917. The van der Waals surface area contributed by atoms with Crippen molar-refractivity contribution in [3.05, 3.63) is 0 Å². The van der Waals surface area contributed by atoms with Crippen molar-refractivity contribution in [1.82, 2.24) is 15.1 Å². The molecular formula is C12H23N3O2. The largest absolute Gasteiger partial charge is 0.374 e. The molecule has 2 rings (SSSR count). The second-order valence-corrected chi connectivity index (χ2v) is 5.74. The fourth-order valence-corrected chi connectivity index (χ4v) is 2.34. The molecule has 2 heterocycles. The first-order valence-corrected chi connectivity index (χ1v) is 6.37. The lowest BCUT2D eigenvalue weighted by Crippen LogP contribution is -2.49. The number of carbonyl (C=O) groups is 1. The second kappa shape index (κ2) is 4.82. The molecule has 0 aliphatic carbocycles. The third-order valence-corrected chi connectivity index (χ3v) is 3.19. The maximum absolute atomic E-state index is 12.1. The molecule has 2 fully saturated rings. The van der Waals surface area contributed by atoms with Crippen LogP contribution in [0.25, 0.3) is 0 Å². The first kappa shape index (κ1) is 12.6. The van der Waals surface area contributed by atoms with E-state index < -0.39 is 0 Å². The van der Waals surface area contributed by atoms with E-state index in [1.165, 1.54) is 0 Å². The molecule has 2 amide bonds. The number of urea groups is 1. The number of piperazine rings is 1. The minimum atomic E-state index is -0.128. The first-order valence-electron chi connectivity index (χ1n) is 6.37. The molecule has 2 saturated heterocycles. The molecule has 0 radical (unpaired) electrons.